The third-order valence-corrected chi connectivity index (χ3v) is 7.02. The maximum Gasteiger partial charge on any atom is 0.237 e. The molecule has 2 atom stereocenters. The van der Waals surface area contributed by atoms with Crippen molar-refractivity contribution in [2.24, 2.45) is 0 Å². The van der Waals surface area contributed by atoms with Crippen molar-refractivity contribution in [3.63, 3.8) is 0 Å². The number of hydrogen-bond donors (Lipinski definition) is 0. The van der Waals surface area contributed by atoms with Crippen LogP contribution in [-0.4, -0.2) is 70.4 Å². The van der Waals surface area contributed by atoms with Gasteiger partial charge in [-0.2, -0.15) is 0 Å². The van der Waals surface area contributed by atoms with Gasteiger partial charge in [0.05, 0.1) is 23.3 Å². The molecule has 5 nitrogen and oxygen atoms in total. The van der Waals surface area contributed by atoms with Gasteiger partial charge in [-0.15, -0.1) is 11.3 Å². The zero-order valence-electron chi connectivity index (χ0n) is 16.4. The van der Waals surface area contributed by atoms with Gasteiger partial charge in [0.15, 0.2) is 0 Å². The third-order valence-electron chi connectivity index (χ3n) is 6.00. The van der Waals surface area contributed by atoms with E-state index in [2.05, 4.69) is 46.7 Å². The molecule has 27 heavy (non-hydrogen) atoms. The fourth-order valence-electron chi connectivity index (χ4n) is 4.47. The standard InChI is InChI=1S/C21H30N4OS/c1-16-6-5-7-17(2)25(16)21(26)15-24-12-10-23(11-13-24)14-20-22-18-8-3-4-9-19(18)27-20/h3-4,8-9,16-17H,5-7,10-15H2,1-2H3/t16-,17-/m0/s1. The minimum absolute atomic E-state index is 0.314. The minimum Gasteiger partial charge on any atom is -0.336 e. The number of nitrogens with zero attached hydrogens (tertiary/aromatic N) is 4. The number of amides is 1. The second kappa shape index (κ2) is 8.25. The Bertz CT molecular complexity index is 740. The predicted molar refractivity (Wildman–Crippen MR) is 111 cm³/mol. The van der Waals surface area contributed by atoms with Gasteiger partial charge >= 0.3 is 0 Å². The highest BCUT2D eigenvalue weighted by molar-refractivity contribution is 7.18. The van der Waals surface area contributed by atoms with Gasteiger partial charge in [0.1, 0.15) is 5.01 Å². The number of hydrogen-bond acceptors (Lipinski definition) is 5. The Kier molecular flexibility index (Phi) is 5.76. The lowest BCUT2D eigenvalue weighted by atomic mass is 9.97. The molecule has 4 rings (SSSR count). The second-order valence-corrected chi connectivity index (χ2v) is 9.17. The Hall–Kier alpha value is -1.50. The number of carbonyl (C=O) groups excluding carboxylic acids is 1. The Morgan fingerprint density at radius 2 is 1.74 bits per heavy atom. The normalized spacial score (nSPS) is 25.2. The molecule has 2 aliphatic heterocycles. The summed E-state index contributed by atoms with van der Waals surface area (Å²) in [4.78, 5) is 24.5. The highest BCUT2D eigenvalue weighted by Crippen LogP contribution is 2.24. The molecule has 1 amide bonds. The third kappa shape index (κ3) is 4.33. The van der Waals surface area contributed by atoms with E-state index in [1.807, 2.05) is 6.07 Å². The summed E-state index contributed by atoms with van der Waals surface area (Å²) in [5, 5.41) is 1.19. The molecule has 0 spiro atoms. The van der Waals surface area contributed by atoms with Gasteiger partial charge in [-0.1, -0.05) is 12.1 Å². The van der Waals surface area contributed by atoms with Crippen LogP contribution in [0.4, 0.5) is 0 Å². The molecule has 0 radical (unpaired) electrons. The van der Waals surface area contributed by atoms with Crippen molar-refractivity contribution >= 4 is 27.5 Å². The maximum atomic E-state index is 12.8. The Balaban J connectivity index is 1.28. The average molecular weight is 387 g/mol. The number of piperazine rings is 1. The summed E-state index contributed by atoms with van der Waals surface area (Å²) in [5.74, 6) is 0.314. The number of piperidine rings is 1. The van der Waals surface area contributed by atoms with Crippen molar-refractivity contribution < 1.29 is 4.79 Å². The van der Waals surface area contributed by atoms with Crippen LogP contribution in [0.3, 0.4) is 0 Å². The van der Waals surface area contributed by atoms with Crippen molar-refractivity contribution in [1.29, 1.82) is 0 Å². The van der Waals surface area contributed by atoms with Crippen LogP contribution in [0.1, 0.15) is 38.1 Å². The number of aromatic nitrogens is 1. The number of carbonyl (C=O) groups is 1. The number of fused-ring (bicyclic) bond motifs is 1. The van der Waals surface area contributed by atoms with Crippen LogP contribution in [0.2, 0.25) is 0 Å². The van der Waals surface area contributed by atoms with Crippen molar-refractivity contribution in [2.45, 2.75) is 51.7 Å². The fourth-order valence-corrected chi connectivity index (χ4v) is 5.48. The largest absolute Gasteiger partial charge is 0.336 e. The van der Waals surface area contributed by atoms with E-state index in [1.54, 1.807) is 11.3 Å². The first-order valence-electron chi connectivity index (χ1n) is 10.2. The average Bonchev–Trinajstić information content (AvgIpc) is 3.05. The van der Waals surface area contributed by atoms with Crippen LogP contribution < -0.4 is 0 Å². The summed E-state index contributed by atoms with van der Waals surface area (Å²) in [7, 11) is 0. The second-order valence-electron chi connectivity index (χ2n) is 8.06. The molecule has 0 N–H and O–H groups in total. The highest BCUT2D eigenvalue weighted by Gasteiger charge is 2.30. The van der Waals surface area contributed by atoms with E-state index >= 15 is 0 Å². The van der Waals surface area contributed by atoms with Crippen LogP contribution in [0, 0.1) is 0 Å². The Morgan fingerprint density at radius 3 is 2.44 bits per heavy atom. The first-order valence-corrected chi connectivity index (χ1v) is 11.0. The quantitative estimate of drug-likeness (QED) is 0.809. The predicted octanol–water partition coefficient (Wildman–Crippen LogP) is 3.20. The lowest BCUT2D eigenvalue weighted by molar-refractivity contribution is -0.139. The molecule has 0 unspecified atom stereocenters. The van der Waals surface area contributed by atoms with E-state index in [1.165, 1.54) is 16.1 Å². The molecule has 0 saturated carbocycles. The van der Waals surface area contributed by atoms with Crippen molar-refractivity contribution in [1.82, 2.24) is 19.7 Å². The van der Waals surface area contributed by atoms with E-state index in [4.69, 9.17) is 4.98 Å². The molecule has 146 valence electrons. The van der Waals surface area contributed by atoms with Gasteiger partial charge in [-0.25, -0.2) is 4.98 Å². The van der Waals surface area contributed by atoms with Gasteiger partial charge in [0.2, 0.25) is 5.91 Å². The smallest absolute Gasteiger partial charge is 0.237 e. The SMILES string of the molecule is C[C@H]1CCC[C@H](C)N1C(=O)CN1CCN(Cc2nc3ccccc3s2)CC1. The molecule has 2 fully saturated rings. The minimum atomic E-state index is 0.314. The van der Waals surface area contributed by atoms with Crippen LogP contribution in [-0.2, 0) is 11.3 Å². The number of thiazole rings is 1. The first-order chi connectivity index (χ1) is 13.1. The van der Waals surface area contributed by atoms with Crippen molar-refractivity contribution in [3.05, 3.63) is 29.3 Å². The Labute approximate surface area is 166 Å². The van der Waals surface area contributed by atoms with E-state index in [-0.39, 0.29) is 0 Å². The topological polar surface area (TPSA) is 39.7 Å². The molecular weight excluding hydrogens is 356 g/mol. The molecule has 0 bridgehead atoms. The molecule has 2 aliphatic rings. The van der Waals surface area contributed by atoms with E-state index in [0.717, 1.165) is 51.1 Å². The first kappa shape index (κ1) is 18.8. The van der Waals surface area contributed by atoms with Crippen molar-refractivity contribution in [2.75, 3.05) is 32.7 Å². The highest BCUT2D eigenvalue weighted by atomic mass is 32.1. The summed E-state index contributed by atoms with van der Waals surface area (Å²) in [5.41, 5.74) is 1.10. The number of para-hydroxylation sites is 1. The van der Waals surface area contributed by atoms with Gasteiger partial charge in [0.25, 0.3) is 0 Å². The van der Waals surface area contributed by atoms with Gasteiger partial charge in [-0.05, 0) is 45.2 Å². The van der Waals surface area contributed by atoms with E-state index in [0.29, 0.717) is 24.5 Å². The summed E-state index contributed by atoms with van der Waals surface area (Å²) >= 11 is 1.79. The lowest BCUT2D eigenvalue weighted by Gasteiger charge is -2.41. The van der Waals surface area contributed by atoms with Gasteiger partial charge < -0.3 is 4.90 Å². The molecule has 0 aliphatic carbocycles. The van der Waals surface area contributed by atoms with Crippen LogP contribution in [0.5, 0.6) is 0 Å². The van der Waals surface area contributed by atoms with Crippen LogP contribution in [0.15, 0.2) is 24.3 Å². The molecule has 3 heterocycles. The summed E-state index contributed by atoms with van der Waals surface area (Å²) < 4.78 is 1.27. The molecular formula is C21H30N4OS. The monoisotopic (exact) mass is 386 g/mol. The van der Waals surface area contributed by atoms with Crippen LogP contribution >= 0.6 is 11.3 Å². The molecule has 2 aromatic rings. The summed E-state index contributed by atoms with van der Waals surface area (Å²) in [6.45, 7) is 9.83. The molecule has 1 aromatic heterocycles. The number of likely N-dealkylation sites (tertiary alicyclic amines) is 1. The van der Waals surface area contributed by atoms with E-state index < -0.39 is 0 Å². The fraction of sp³-hybridized carbons (Fsp3) is 0.619. The van der Waals surface area contributed by atoms with Gasteiger partial charge in [-0.3, -0.25) is 14.6 Å². The lowest BCUT2D eigenvalue weighted by Crippen LogP contribution is -2.54. The maximum absolute atomic E-state index is 12.8. The van der Waals surface area contributed by atoms with E-state index in [9.17, 15) is 4.79 Å². The Morgan fingerprint density at radius 1 is 1.07 bits per heavy atom. The molecule has 2 saturated heterocycles. The number of rotatable bonds is 4. The summed E-state index contributed by atoms with van der Waals surface area (Å²) in [6, 6.07) is 9.13. The summed E-state index contributed by atoms with van der Waals surface area (Å²) in [6.07, 6.45) is 3.54. The molecule has 6 heteroatoms. The number of benzene rings is 1. The van der Waals surface area contributed by atoms with Crippen molar-refractivity contribution in [3.8, 4) is 0 Å². The van der Waals surface area contributed by atoms with Gasteiger partial charge in [0, 0.05) is 38.3 Å². The zero-order valence-corrected chi connectivity index (χ0v) is 17.2. The molecule has 1 aromatic carbocycles. The van der Waals surface area contributed by atoms with Crippen LogP contribution in [0.25, 0.3) is 10.2 Å². The zero-order chi connectivity index (χ0) is 18.8.